The van der Waals surface area contributed by atoms with Crippen LogP contribution in [0.15, 0.2) is 47.4 Å². The summed E-state index contributed by atoms with van der Waals surface area (Å²) in [5.41, 5.74) is 2.26. The predicted molar refractivity (Wildman–Crippen MR) is 98.2 cm³/mol. The second kappa shape index (κ2) is 6.94. The fraction of sp³-hybridized carbons (Fsp3) is 0.333. The summed E-state index contributed by atoms with van der Waals surface area (Å²) in [5, 5.41) is -0.187. The molecule has 1 aliphatic heterocycles. The lowest BCUT2D eigenvalue weighted by Crippen LogP contribution is -2.53. The molecule has 0 saturated carbocycles. The smallest absolute Gasteiger partial charge is 0.243 e. The molecule has 25 heavy (non-hydrogen) atoms. The summed E-state index contributed by atoms with van der Waals surface area (Å²) in [7, 11) is -3.69. The summed E-state index contributed by atoms with van der Waals surface area (Å²) in [6.45, 7) is 5.37. The zero-order valence-corrected chi connectivity index (χ0v) is 15.7. The first-order valence-electron chi connectivity index (χ1n) is 8.07. The first kappa shape index (κ1) is 18.2. The van der Waals surface area contributed by atoms with E-state index >= 15 is 0 Å². The quantitative estimate of drug-likeness (QED) is 0.812. The Kier molecular flexibility index (Phi) is 5.04. The molecule has 7 heteroatoms. The maximum absolute atomic E-state index is 13.3. The molecule has 2 aromatic carbocycles. The molecular weight excluding hydrogens is 363 g/mol. The van der Waals surface area contributed by atoms with Crippen molar-refractivity contribution in [3.8, 4) is 0 Å². The van der Waals surface area contributed by atoms with Crippen molar-refractivity contribution < 1.29 is 12.8 Å². The highest BCUT2D eigenvalue weighted by Gasteiger charge is 2.32. The normalized spacial score (nSPS) is 19.2. The van der Waals surface area contributed by atoms with Crippen molar-refractivity contribution in [2.75, 3.05) is 24.5 Å². The van der Waals surface area contributed by atoms with Gasteiger partial charge in [0.1, 0.15) is 5.82 Å². The SMILES string of the molecule is Cc1cccc(N2CCN(S(=O)(=O)c3ccc(F)c(Cl)c3)C[C@H]2C)c1. The zero-order chi connectivity index (χ0) is 18.2. The van der Waals surface area contributed by atoms with Crippen molar-refractivity contribution in [2.45, 2.75) is 24.8 Å². The first-order chi connectivity index (χ1) is 11.8. The molecule has 0 spiro atoms. The van der Waals surface area contributed by atoms with E-state index in [4.69, 9.17) is 11.6 Å². The molecule has 0 N–H and O–H groups in total. The van der Waals surface area contributed by atoms with Gasteiger partial charge < -0.3 is 4.90 Å². The van der Waals surface area contributed by atoms with E-state index < -0.39 is 15.8 Å². The van der Waals surface area contributed by atoms with Gasteiger partial charge in [-0.05, 0) is 49.7 Å². The van der Waals surface area contributed by atoms with Crippen molar-refractivity contribution in [3.63, 3.8) is 0 Å². The Balaban J connectivity index is 1.81. The van der Waals surface area contributed by atoms with Crippen molar-refractivity contribution >= 4 is 27.3 Å². The van der Waals surface area contributed by atoms with Crippen LogP contribution in [0.25, 0.3) is 0 Å². The lowest BCUT2D eigenvalue weighted by atomic mass is 10.1. The highest BCUT2D eigenvalue weighted by Crippen LogP contribution is 2.27. The molecule has 1 saturated heterocycles. The van der Waals surface area contributed by atoms with E-state index in [1.165, 1.54) is 22.0 Å². The van der Waals surface area contributed by atoms with Gasteiger partial charge in [0.15, 0.2) is 0 Å². The molecule has 1 atom stereocenters. The maximum Gasteiger partial charge on any atom is 0.243 e. The van der Waals surface area contributed by atoms with Crippen molar-refractivity contribution in [1.29, 1.82) is 0 Å². The number of hydrogen-bond acceptors (Lipinski definition) is 3. The Morgan fingerprint density at radius 2 is 1.92 bits per heavy atom. The Bertz CT molecular complexity index is 888. The van der Waals surface area contributed by atoms with E-state index in [-0.39, 0.29) is 16.0 Å². The van der Waals surface area contributed by atoms with E-state index in [0.29, 0.717) is 19.6 Å². The van der Waals surface area contributed by atoms with E-state index in [2.05, 4.69) is 11.0 Å². The standard InChI is InChI=1S/C18H20ClFN2O2S/c1-13-4-3-5-15(10-13)22-9-8-21(12-14(22)2)25(23,24)16-6-7-18(20)17(19)11-16/h3-7,10-11,14H,8-9,12H2,1-2H3/t14-/m1/s1. The number of rotatable bonds is 3. The third-order valence-electron chi connectivity index (χ3n) is 4.45. The van der Waals surface area contributed by atoms with E-state index in [0.717, 1.165) is 11.8 Å². The largest absolute Gasteiger partial charge is 0.366 e. The number of benzene rings is 2. The second-order valence-corrected chi connectivity index (χ2v) is 8.67. The van der Waals surface area contributed by atoms with Crippen LogP contribution in [0.5, 0.6) is 0 Å². The molecule has 0 unspecified atom stereocenters. The lowest BCUT2D eigenvalue weighted by molar-refractivity contribution is 0.342. The number of piperazine rings is 1. The Morgan fingerprint density at radius 1 is 1.16 bits per heavy atom. The van der Waals surface area contributed by atoms with Gasteiger partial charge in [-0.15, -0.1) is 0 Å². The molecule has 0 aromatic heterocycles. The van der Waals surface area contributed by atoms with Crippen LogP contribution in [0.1, 0.15) is 12.5 Å². The second-order valence-electron chi connectivity index (χ2n) is 6.32. The average molecular weight is 383 g/mol. The van der Waals surface area contributed by atoms with Crippen molar-refractivity contribution in [1.82, 2.24) is 4.31 Å². The number of aryl methyl sites for hydroxylation is 1. The van der Waals surface area contributed by atoms with Gasteiger partial charge in [0.25, 0.3) is 0 Å². The van der Waals surface area contributed by atoms with Crippen LogP contribution in [0.4, 0.5) is 10.1 Å². The number of halogens is 2. The summed E-state index contributed by atoms with van der Waals surface area (Å²) >= 11 is 5.74. The highest BCUT2D eigenvalue weighted by molar-refractivity contribution is 7.89. The fourth-order valence-electron chi connectivity index (χ4n) is 3.12. The van der Waals surface area contributed by atoms with E-state index in [9.17, 15) is 12.8 Å². The number of anilines is 1. The lowest BCUT2D eigenvalue weighted by Gasteiger charge is -2.40. The number of sulfonamides is 1. The summed E-state index contributed by atoms with van der Waals surface area (Å²) in [5.74, 6) is -0.627. The average Bonchev–Trinajstić information content (AvgIpc) is 2.57. The molecule has 0 bridgehead atoms. The van der Waals surface area contributed by atoms with E-state index in [1.807, 2.05) is 32.0 Å². The summed E-state index contributed by atoms with van der Waals surface area (Å²) in [6.07, 6.45) is 0. The van der Waals surface area contributed by atoms with Crippen molar-refractivity contribution in [3.05, 3.63) is 58.9 Å². The Hall–Kier alpha value is -1.63. The molecule has 1 aliphatic rings. The van der Waals surface area contributed by atoms with Gasteiger partial charge in [-0.25, -0.2) is 12.8 Å². The summed E-state index contributed by atoms with van der Waals surface area (Å²) < 4.78 is 40.4. The molecule has 2 aromatic rings. The molecule has 0 amide bonds. The molecule has 1 heterocycles. The van der Waals surface area contributed by atoms with Crippen LogP contribution < -0.4 is 4.90 Å². The third kappa shape index (κ3) is 3.66. The van der Waals surface area contributed by atoms with Gasteiger partial charge in [0.05, 0.1) is 9.92 Å². The van der Waals surface area contributed by atoms with Crippen LogP contribution in [0.2, 0.25) is 5.02 Å². The molecule has 1 fully saturated rings. The maximum atomic E-state index is 13.3. The molecule has 0 radical (unpaired) electrons. The molecule has 4 nitrogen and oxygen atoms in total. The van der Waals surface area contributed by atoms with Gasteiger partial charge >= 0.3 is 0 Å². The fourth-order valence-corrected chi connectivity index (χ4v) is 4.90. The monoisotopic (exact) mass is 382 g/mol. The number of hydrogen-bond donors (Lipinski definition) is 0. The van der Waals surface area contributed by atoms with Crippen molar-refractivity contribution in [2.24, 2.45) is 0 Å². The minimum absolute atomic E-state index is 0.0232. The minimum atomic E-state index is -3.69. The third-order valence-corrected chi connectivity index (χ3v) is 6.60. The Morgan fingerprint density at radius 3 is 2.56 bits per heavy atom. The highest BCUT2D eigenvalue weighted by atomic mass is 35.5. The van der Waals surface area contributed by atoms with Crippen LogP contribution in [-0.2, 0) is 10.0 Å². The van der Waals surface area contributed by atoms with Crippen LogP contribution in [-0.4, -0.2) is 38.4 Å². The Labute approximate surface area is 152 Å². The number of nitrogens with zero attached hydrogens (tertiary/aromatic N) is 2. The van der Waals surface area contributed by atoms with Crippen LogP contribution >= 0.6 is 11.6 Å². The van der Waals surface area contributed by atoms with E-state index in [1.54, 1.807) is 0 Å². The van der Waals surface area contributed by atoms with Gasteiger partial charge in [-0.3, -0.25) is 0 Å². The molecule has 134 valence electrons. The van der Waals surface area contributed by atoms with Crippen LogP contribution in [0, 0.1) is 12.7 Å². The van der Waals surface area contributed by atoms with Gasteiger partial charge in [0.2, 0.25) is 10.0 Å². The topological polar surface area (TPSA) is 40.6 Å². The molecule has 0 aliphatic carbocycles. The van der Waals surface area contributed by atoms with Gasteiger partial charge in [0, 0.05) is 31.4 Å². The summed E-state index contributed by atoms with van der Waals surface area (Å²) in [6, 6.07) is 11.7. The predicted octanol–water partition coefficient (Wildman–Crippen LogP) is 3.69. The molecule has 3 rings (SSSR count). The van der Waals surface area contributed by atoms with Gasteiger partial charge in [-0.1, -0.05) is 23.7 Å². The zero-order valence-electron chi connectivity index (χ0n) is 14.1. The minimum Gasteiger partial charge on any atom is -0.366 e. The van der Waals surface area contributed by atoms with Crippen LogP contribution in [0.3, 0.4) is 0 Å². The molecular formula is C18H20ClFN2O2S. The van der Waals surface area contributed by atoms with Gasteiger partial charge in [-0.2, -0.15) is 4.31 Å². The first-order valence-corrected chi connectivity index (χ1v) is 9.89. The summed E-state index contributed by atoms with van der Waals surface area (Å²) in [4.78, 5) is 2.23.